The van der Waals surface area contributed by atoms with Crippen LogP contribution in [-0.4, -0.2) is 50.9 Å². The van der Waals surface area contributed by atoms with Gasteiger partial charge in [-0.05, 0) is 31.2 Å². The maximum Gasteiger partial charge on any atom is 0.377 e. The van der Waals surface area contributed by atoms with Gasteiger partial charge in [0.2, 0.25) is 5.60 Å². The van der Waals surface area contributed by atoms with Crippen LogP contribution in [-0.2, 0) is 23.9 Å². The van der Waals surface area contributed by atoms with Crippen LogP contribution in [0.15, 0.2) is 57.2 Å². The molecular formula is C22H16N2O5S4. The normalized spacial score (nSPS) is 20.5. The lowest BCUT2D eigenvalue weighted by atomic mass is 10.0. The molecular weight excluding hydrogens is 501 g/mol. The molecule has 2 aromatic heterocycles. The van der Waals surface area contributed by atoms with Crippen LogP contribution in [0, 0.1) is 0 Å². The molecule has 0 N–H and O–H groups in total. The molecule has 5 rings (SSSR count). The summed E-state index contributed by atoms with van der Waals surface area (Å²) in [6.45, 7) is 1.76. The van der Waals surface area contributed by atoms with Crippen molar-refractivity contribution in [1.29, 1.82) is 0 Å². The Morgan fingerprint density at radius 1 is 1.03 bits per heavy atom. The number of ether oxygens (including phenoxy) is 2. The highest BCUT2D eigenvalue weighted by molar-refractivity contribution is 8.03. The molecule has 1 fully saturated rings. The maximum atomic E-state index is 13.1. The number of Topliss-reactive ketones (excluding diaryl/α,β-unsaturated/α-hetero) is 1. The van der Waals surface area contributed by atoms with E-state index < -0.39 is 28.6 Å². The average molecular weight is 517 g/mol. The molecule has 0 spiro atoms. The second-order valence-electron chi connectivity index (χ2n) is 7.05. The zero-order valence-corrected chi connectivity index (χ0v) is 20.4. The lowest BCUT2D eigenvalue weighted by molar-refractivity contribution is -0.171. The first-order valence-electron chi connectivity index (χ1n) is 9.95. The molecule has 0 amide bonds. The first-order valence-corrected chi connectivity index (χ1v) is 13.4. The molecule has 11 heteroatoms. The molecule has 0 saturated carbocycles. The summed E-state index contributed by atoms with van der Waals surface area (Å²) >= 11 is 5.20. The average Bonchev–Trinajstić information content (AvgIpc) is 3.48. The Balaban J connectivity index is 1.48. The van der Waals surface area contributed by atoms with Crippen molar-refractivity contribution in [2.75, 3.05) is 12.4 Å². The largest absolute Gasteiger partial charge is 0.463 e. The van der Waals surface area contributed by atoms with Crippen LogP contribution in [0.2, 0.25) is 0 Å². The number of thioether (sulfide) groups is 2. The number of fused-ring (bicyclic) bond motifs is 2. The van der Waals surface area contributed by atoms with E-state index in [1.165, 1.54) is 34.4 Å². The van der Waals surface area contributed by atoms with Crippen LogP contribution in [0.3, 0.4) is 0 Å². The zero-order chi connectivity index (χ0) is 23.0. The van der Waals surface area contributed by atoms with Gasteiger partial charge in [0.05, 0.1) is 32.8 Å². The monoisotopic (exact) mass is 516 g/mol. The van der Waals surface area contributed by atoms with E-state index in [4.69, 9.17) is 9.47 Å². The fourth-order valence-corrected chi connectivity index (χ4v) is 8.14. The Bertz CT molecular complexity index is 1320. The fraction of sp³-hybridized carbons (Fsp3) is 0.227. The van der Waals surface area contributed by atoms with Gasteiger partial charge in [-0.2, -0.15) is 0 Å². The Morgan fingerprint density at radius 3 is 2.27 bits per heavy atom. The maximum absolute atomic E-state index is 13.1. The molecule has 7 nitrogen and oxygen atoms in total. The fourth-order valence-electron chi connectivity index (χ4n) is 3.39. The molecule has 1 aliphatic heterocycles. The summed E-state index contributed by atoms with van der Waals surface area (Å²) in [5.74, 6) is -2.54. The molecule has 1 aliphatic rings. The topological polar surface area (TPSA) is 95.5 Å². The summed E-state index contributed by atoms with van der Waals surface area (Å²) in [6, 6.07) is 15.3. The van der Waals surface area contributed by atoms with E-state index in [1.54, 1.807) is 6.92 Å². The Labute approximate surface area is 204 Å². The molecule has 168 valence electrons. The minimum absolute atomic E-state index is 0.00565. The van der Waals surface area contributed by atoms with Crippen molar-refractivity contribution in [1.82, 2.24) is 9.97 Å². The molecule has 1 saturated heterocycles. The Hall–Kier alpha value is -2.47. The number of rotatable bonds is 7. The van der Waals surface area contributed by atoms with Gasteiger partial charge in [0.1, 0.15) is 5.25 Å². The summed E-state index contributed by atoms with van der Waals surface area (Å²) in [7, 11) is 0. The Kier molecular flexibility index (Phi) is 6.12. The summed E-state index contributed by atoms with van der Waals surface area (Å²) < 4.78 is 14.0. The van der Waals surface area contributed by atoms with Crippen molar-refractivity contribution in [2.24, 2.45) is 0 Å². The number of nitrogens with zero attached hydrogens (tertiary/aromatic N) is 2. The van der Waals surface area contributed by atoms with E-state index in [0.717, 1.165) is 32.2 Å². The number of hydrogen-bond donors (Lipinski definition) is 0. The van der Waals surface area contributed by atoms with Gasteiger partial charge in [-0.3, -0.25) is 4.79 Å². The van der Waals surface area contributed by atoms with E-state index >= 15 is 0 Å². The third-order valence-electron chi connectivity index (χ3n) is 4.94. The van der Waals surface area contributed by atoms with Crippen molar-refractivity contribution in [3.63, 3.8) is 0 Å². The van der Waals surface area contributed by atoms with Crippen LogP contribution in [0.1, 0.15) is 6.92 Å². The number of benzene rings is 2. The predicted molar refractivity (Wildman–Crippen MR) is 130 cm³/mol. The highest BCUT2D eigenvalue weighted by Crippen LogP contribution is 2.44. The van der Waals surface area contributed by atoms with E-state index in [1.807, 2.05) is 48.5 Å². The number of thiazole rings is 2. The van der Waals surface area contributed by atoms with Gasteiger partial charge in [0.15, 0.2) is 8.68 Å². The molecule has 33 heavy (non-hydrogen) atoms. The quantitative estimate of drug-likeness (QED) is 0.199. The second kappa shape index (κ2) is 9.05. The van der Waals surface area contributed by atoms with Gasteiger partial charge in [0.25, 0.3) is 5.78 Å². The van der Waals surface area contributed by atoms with Crippen molar-refractivity contribution >= 4 is 84.4 Å². The van der Waals surface area contributed by atoms with Crippen molar-refractivity contribution in [2.45, 2.75) is 26.5 Å². The van der Waals surface area contributed by atoms with Gasteiger partial charge >= 0.3 is 11.9 Å². The molecule has 0 aliphatic carbocycles. The molecule has 4 aromatic rings. The number of carbonyl (C=O) groups is 3. The van der Waals surface area contributed by atoms with E-state index in [9.17, 15) is 14.4 Å². The first-order chi connectivity index (χ1) is 16.0. The standard InChI is InChI=1S/C22H16N2O5S4/c1-2-28-19(27)22(11-30-20-23-12-7-3-5-9-14(12)31-20)17(16(25)18(26)29-22)33-21-24-13-8-4-6-10-15(13)32-21/h3-10,17H,2,11H2,1H3. The van der Waals surface area contributed by atoms with Crippen LogP contribution < -0.4 is 0 Å². The van der Waals surface area contributed by atoms with Gasteiger partial charge in [-0.15, -0.1) is 22.7 Å². The molecule has 0 bridgehead atoms. The van der Waals surface area contributed by atoms with Gasteiger partial charge in [-0.25, -0.2) is 19.6 Å². The van der Waals surface area contributed by atoms with Crippen molar-refractivity contribution < 1.29 is 23.9 Å². The third-order valence-corrected chi connectivity index (χ3v) is 9.78. The molecule has 2 unspecified atom stereocenters. The van der Waals surface area contributed by atoms with E-state index in [0.29, 0.717) is 8.68 Å². The number of cyclic esters (lactones) is 1. The van der Waals surface area contributed by atoms with Crippen molar-refractivity contribution in [3.05, 3.63) is 48.5 Å². The smallest absolute Gasteiger partial charge is 0.377 e. The van der Waals surface area contributed by atoms with Crippen LogP contribution in [0.25, 0.3) is 20.4 Å². The van der Waals surface area contributed by atoms with Gasteiger partial charge in [0, 0.05) is 0 Å². The lowest BCUT2D eigenvalue weighted by Crippen LogP contribution is -2.50. The Morgan fingerprint density at radius 2 is 1.64 bits per heavy atom. The number of aromatic nitrogens is 2. The van der Waals surface area contributed by atoms with E-state index in [2.05, 4.69) is 9.97 Å². The van der Waals surface area contributed by atoms with Crippen LogP contribution in [0.4, 0.5) is 0 Å². The molecule has 3 heterocycles. The summed E-state index contributed by atoms with van der Waals surface area (Å²) in [5, 5.41) is -1.11. The van der Waals surface area contributed by atoms with E-state index in [-0.39, 0.29) is 12.4 Å². The highest BCUT2D eigenvalue weighted by atomic mass is 32.2. The second-order valence-corrected chi connectivity index (χ2v) is 11.7. The van der Waals surface area contributed by atoms with Crippen LogP contribution in [0.5, 0.6) is 0 Å². The number of ketones is 1. The number of carbonyl (C=O) groups excluding carboxylic acids is 3. The number of hydrogen-bond acceptors (Lipinski definition) is 11. The minimum atomic E-state index is -1.77. The highest BCUT2D eigenvalue weighted by Gasteiger charge is 2.62. The molecule has 0 radical (unpaired) electrons. The van der Waals surface area contributed by atoms with Gasteiger partial charge < -0.3 is 9.47 Å². The number of esters is 2. The zero-order valence-electron chi connectivity index (χ0n) is 17.2. The first kappa shape index (κ1) is 22.3. The third kappa shape index (κ3) is 4.14. The number of para-hydroxylation sites is 2. The van der Waals surface area contributed by atoms with Crippen LogP contribution >= 0.6 is 46.2 Å². The molecule has 2 atom stereocenters. The summed E-state index contributed by atoms with van der Waals surface area (Å²) in [4.78, 5) is 47.5. The SMILES string of the molecule is CCOC(=O)C1(CSc2nc3ccccc3s2)OC(=O)C(=O)C1Sc1nc2ccccc2s1. The van der Waals surface area contributed by atoms with Crippen molar-refractivity contribution in [3.8, 4) is 0 Å². The molecule has 2 aromatic carbocycles. The van der Waals surface area contributed by atoms with Gasteiger partial charge in [-0.1, -0.05) is 47.8 Å². The lowest BCUT2D eigenvalue weighted by Gasteiger charge is -2.28. The summed E-state index contributed by atoms with van der Waals surface area (Å²) in [6.07, 6.45) is 0. The summed E-state index contributed by atoms with van der Waals surface area (Å²) in [5.41, 5.74) is -0.141. The predicted octanol–water partition coefficient (Wildman–Crippen LogP) is 4.59. The minimum Gasteiger partial charge on any atom is -0.463 e.